The maximum absolute atomic E-state index is 12.0. The van der Waals surface area contributed by atoms with Crippen LogP contribution in [0.25, 0.3) is 5.69 Å². The van der Waals surface area contributed by atoms with Crippen LogP contribution in [0.15, 0.2) is 24.5 Å². The van der Waals surface area contributed by atoms with Crippen molar-refractivity contribution >= 4 is 11.7 Å². The van der Waals surface area contributed by atoms with Crippen LogP contribution in [-0.4, -0.2) is 45.5 Å². The van der Waals surface area contributed by atoms with Crippen LogP contribution < -0.4 is 10.6 Å². The smallest absolute Gasteiger partial charge is 0.319 e. The van der Waals surface area contributed by atoms with Crippen LogP contribution in [0.5, 0.6) is 0 Å². The van der Waals surface area contributed by atoms with Gasteiger partial charge in [-0.15, -0.1) is 5.10 Å². The van der Waals surface area contributed by atoms with Gasteiger partial charge in [0.1, 0.15) is 6.33 Å². The fourth-order valence-corrected chi connectivity index (χ4v) is 2.16. The van der Waals surface area contributed by atoms with E-state index in [0.29, 0.717) is 13.2 Å². The molecule has 1 fully saturated rings. The van der Waals surface area contributed by atoms with Crippen LogP contribution in [0.1, 0.15) is 12.0 Å². The van der Waals surface area contributed by atoms with Crippen molar-refractivity contribution in [2.24, 2.45) is 0 Å². The van der Waals surface area contributed by atoms with Crippen LogP contribution in [0.2, 0.25) is 0 Å². The van der Waals surface area contributed by atoms with E-state index in [1.54, 1.807) is 0 Å². The molecule has 0 bridgehead atoms. The molecule has 1 unspecified atom stereocenters. The highest BCUT2D eigenvalue weighted by molar-refractivity contribution is 5.90. The quantitative estimate of drug-likeness (QED) is 0.874. The van der Waals surface area contributed by atoms with Crippen molar-refractivity contribution in [2.45, 2.75) is 19.4 Å². The molecule has 110 valence electrons. The molecule has 1 aromatic heterocycles. The first-order valence-electron chi connectivity index (χ1n) is 6.71. The molecule has 1 saturated heterocycles. The van der Waals surface area contributed by atoms with E-state index in [9.17, 15) is 4.79 Å². The molecule has 1 aliphatic heterocycles. The van der Waals surface area contributed by atoms with Crippen molar-refractivity contribution in [3.63, 3.8) is 0 Å². The van der Waals surface area contributed by atoms with Gasteiger partial charge in [0.2, 0.25) is 0 Å². The minimum atomic E-state index is -0.234. The number of aromatic nitrogens is 4. The molecule has 3 rings (SSSR count). The Labute approximate surface area is 121 Å². The Morgan fingerprint density at radius 3 is 3.10 bits per heavy atom. The normalized spacial score (nSPS) is 17.7. The number of carbonyl (C=O) groups excluding carboxylic acids is 1. The van der Waals surface area contributed by atoms with Gasteiger partial charge in [-0.25, -0.2) is 9.48 Å². The van der Waals surface area contributed by atoms with Crippen molar-refractivity contribution < 1.29 is 9.53 Å². The first-order valence-corrected chi connectivity index (χ1v) is 6.71. The Bertz CT molecular complexity index is 622. The summed E-state index contributed by atoms with van der Waals surface area (Å²) in [6.45, 7) is 3.19. The molecule has 2 aromatic rings. The number of anilines is 1. The second kappa shape index (κ2) is 5.88. The lowest BCUT2D eigenvalue weighted by Gasteiger charge is -2.14. The number of aryl methyl sites for hydroxylation is 1. The molecule has 21 heavy (non-hydrogen) atoms. The number of hydrogen-bond donors (Lipinski definition) is 2. The van der Waals surface area contributed by atoms with E-state index in [2.05, 4.69) is 26.2 Å². The Morgan fingerprint density at radius 1 is 1.48 bits per heavy atom. The van der Waals surface area contributed by atoms with Gasteiger partial charge >= 0.3 is 6.03 Å². The molecule has 0 aliphatic carbocycles. The van der Waals surface area contributed by atoms with Gasteiger partial charge in [0.05, 0.1) is 18.3 Å². The van der Waals surface area contributed by atoms with E-state index < -0.39 is 0 Å². The van der Waals surface area contributed by atoms with Gasteiger partial charge in [-0.05, 0) is 41.5 Å². The first kappa shape index (κ1) is 13.5. The van der Waals surface area contributed by atoms with Crippen LogP contribution in [-0.2, 0) is 4.74 Å². The number of tetrazole rings is 1. The van der Waals surface area contributed by atoms with E-state index >= 15 is 0 Å². The molecule has 8 heteroatoms. The zero-order valence-electron chi connectivity index (χ0n) is 11.6. The highest BCUT2D eigenvalue weighted by Gasteiger charge is 2.18. The van der Waals surface area contributed by atoms with E-state index in [0.717, 1.165) is 23.4 Å². The number of amides is 2. The van der Waals surface area contributed by atoms with Crippen molar-refractivity contribution in [3.8, 4) is 5.69 Å². The van der Waals surface area contributed by atoms with Gasteiger partial charge in [-0.3, -0.25) is 0 Å². The average Bonchev–Trinajstić information content (AvgIpc) is 3.14. The molecule has 2 N–H and O–H groups in total. The summed E-state index contributed by atoms with van der Waals surface area (Å²) < 4.78 is 6.77. The zero-order chi connectivity index (χ0) is 14.7. The third-order valence-corrected chi connectivity index (χ3v) is 3.35. The SMILES string of the molecule is Cc1ccc(-n2cnnn2)cc1NC(=O)NC1CCOC1. The Balaban J connectivity index is 1.72. The molecule has 0 spiro atoms. The molecule has 2 amide bonds. The molecule has 8 nitrogen and oxygen atoms in total. The van der Waals surface area contributed by atoms with E-state index in [1.807, 2.05) is 25.1 Å². The second-order valence-electron chi connectivity index (χ2n) is 4.91. The highest BCUT2D eigenvalue weighted by atomic mass is 16.5. The van der Waals surface area contributed by atoms with Gasteiger partial charge in [0.15, 0.2) is 0 Å². The minimum Gasteiger partial charge on any atom is -0.379 e. The number of benzene rings is 1. The van der Waals surface area contributed by atoms with E-state index in [4.69, 9.17) is 4.74 Å². The van der Waals surface area contributed by atoms with Crippen molar-refractivity contribution in [3.05, 3.63) is 30.1 Å². The monoisotopic (exact) mass is 288 g/mol. The van der Waals surface area contributed by atoms with Gasteiger partial charge < -0.3 is 15.4 Å². The zero-order valence-corrected chi connectivity index (χ0v) is 11.6. The second-order valence-corrected chi connectivity index (χ2v) is 4.91. The number of urea groups is 1. The topological polar surface area (TPSA) is 94.0 Å². The summed E-state index contributed by atoms with van der Waals surface area (Å²) in [4.78, 5) is 12.0. The van der Waals surface area contributed by atoms with Gasteiger partial charge in [0, 0.05) is 12.3 Å². The number of hydrogen-bond acceptors (Lipinski definition) is 5. The molecule has 0 radical (unpaired) electrons. The maximum Gasteiger partial charge on any atom is 0.319 e. The summed E-state index contributed by atoms with van der Waals surface area (Å²) in [6, 6.07) is 5.47. The molecule has 0 saturated carbocycles. The van der Waals surface area contributed by atoms with Crippen LogP contribution in [0.3, 0.4) is 0 Å². The highest BCUT2D eigenvalue weighted by Crippen LogP contribution is 2.19. The minimum absolute atomic E-state index is 0.0769. The van der Waals surface area contributed by atoms with Gasteiger partial charge in [-0.2, -0.15) is 0 Å². The standard InChI is InChI=1S/C13H16N6O2/c1-9-2-3-11(19-8-14-17-18-19)6-12(9)16-13(20)15-10-4-5-21-7-10/h2-3,6,8,10H,4-5,7H2,1H3,(H2,15,16,20). The lowest BCUT2D eigenvalue weighted by molar-refractivity contribution is 0.189. The summed E-state index contributed by atoms with van der Waals surface area (Å²) in [6.07, 6.45) is 2.35. The van der Waals surface area contributed by atoms with Crippen molar-refractivity contribution in [1.29, 1.82) is 0 Å². The maximum atomic E-state index is 12.0. The van der Waals surface area contributed by atoms with Crippen LogP contribution in [0.4, 0.5) is 10.5 Å². The van der Waals surface area contributed by atoms with Crippen molar-refractivity contribution in [1.82, 2.24) is 25.5 Å². The lowest BCUT2D eigenvalue weighted by atomic mass is 10.2. The summed E-state index contributed by atoms with van der Waals surface area (Å²) >= 11 is 0. The Kier molecular flexibility index (Phi) is 3.78. The summed E-state index contributed by atoms with van der Waals surface area (Å²) in [5.74, 6) is 0. The lowest BCUT2D eigenvalue weighted by Crippen LogP contribution is -2.38. The van der Waals surface area contributed by atoms with E-state index in [-0.39, 0.29) is 12.1 Å². The summed E-state index contributed by atoms with van der Waals surface area (Å²) in [5.41, 5.74) is 2.47. The fraction of sp³-hybridized carbons (Fsp3) is 0.385. The van der Waals surface area contributed by atoms with Gasteiger partial charge in [0.25, 0.3) is 0 Å². The predicted molar refractivity (Wildman–Crippen MR) is 75.3 cm³/mol. The molecule has 1 aromatic carbocycles. The Hall–Kier alpha value is -2.48. The molecule has 1 aliphatic rings. The third-order valence-electron chi connectivity index (χ3n) is 3.35. The number of carbonyl (C=O) groups is 1. The molecular weight excluding hydrogens is 272 g/mol. The number of nitrogens with one attached hydrogen (secondary N) is 2. The molecular formula is C13H16N6O2. The number of nitrogens with zero attached hydrogens (tertiary/aromatic N) is 4. The average molecular weight is 288 g/mol. The van der Waals surface area contributed by atoms with Crippen LogP contribution in [0, 0.1) is 6.92 Å². The largest absolute Gasteiger partial charge is 0.379 e. The molecule has 2 heterocycles. The molecule has 1 atom stereocenters. The first-order chi connectivity index (χ1) is 10.2. The number of rotatable bonds is 3. The third kappa shape index (κ3) is 3.16. The summed E-state index contributed by atoms with van der Waals surface area (Å²) in [7, 11) is 0. The fourth-order valence-electron chi connectivity index (χ4n) is 2.16. The predicted octanol–water partition coefficient (Wildman–Crippen LogP) is 0.881. The summed E-state index contributed by atoms with van der Waals surface area (Å²) in [5, 5.41) is 16.8. The van der Waals surface area contributed by atoms with Crippen LogP contribution >= 0.6 is 0 Å². The van der Waals surface area contributed by atoms with Crippen molar-refractivity contribution in [2.75, 3.05) is 18.5 Å². The van der Waals surface area contributed by atoms with Gasteiger partial charge in [-0.1, -0.05) is 6.07 Å². The number of ether oxygens (including phenoxy) is 1. The Morgan fingerprint density at radius 2 is 2.38 bits per heavy atom. The van der Waals surface area contributed by atoms with E-state index in [1.165, 1.54) is 11.0 Å².